The third-order valence-electron chi connectivity index (χ3n) is 2.41. The van der Waals surface area contributed by atoms with Gasteiger partial charge in [0.2, 0.25) is 0 Å². The monoisotopic (exact) mass is 267 g/mol. The van der Waals surface area contributed by atoms with Crippen molar-refractivity contribution in [3.05, 3.63) is 23.8 Å². The Morgan fingerprint density at radius 1 is 1.26 bits per heavy atom. The number of aromatic hydroxyl groups is 2. The van der Waals surface area contributed by atoms with Crippen molar-refractivity contribution in [3.63, 3.8) is 0 Å². The third-order valence-corrected chi connectivity index (χ3v) is 2.41. The van der Waals surface area contributed by atoms with Crippen LogP contribution in [0.15, 0.2) is 18.2 Å². The maximum Gasteiger partial charge on any atom is 0.323 e. The number of hydrogen-bond donors (Lipinski definition) is 3. The van der Waals surface area contributed by atoms with E-state index >= 15 is 0 Å². The van der Waals surface area contributed by atoms with Crippen LogP contribution in [0.5, 0.6) is 11.5 Å². The molecule has 0 unspecified atom stereocenters. The first kappa shape index (κ1) is 14.8. The summed E-state index contributed by atoms with van der Waals surface area (Å²) in [5, 5.41) is 27.8. The number of phenols is 2. The van der Waals surface area contributed by atoms with Gasteiger partial charge in [-0.25, -0.2) is 0 Å². The summed E-state index contributed by atoms with van der Waals surface area (Å²) in [4.78, 5) is 24.1. The van der Waals surface area contributed by atoms with Gasteiger partial charge in [-0.3, -0.25) is 9.59 Å². The largest absolute Gasteiger partial charge is 0.508 e. The van der Waals surface area contributed by atoms with Crippen molar-refractivity contribution >= 4 is 11.9 Å². The minimum Gasteiger partial charge on any atom is -0.508 e. The molecule has 6 nitrogen and oxygen atoms in total. The predicted molar refractivity (Wildman–Crippen MR) is 68.1 cm³/mol. The minimum absolute atomic E-state index is 0.0859. The third kappa shape index (κ3) is 4.17. The van der Waals surface area contributed by atoms with E-state index in [9.17, 15) is 19.8 Å². The number of carbonyl (C=O) groups excluding carboxylic acids is 1. The van der Waals surface area contributed by atoms with Crippen LogP contribution in [0.25, 0.3) is 0 Å². The van der Waals surface area contributed by atoms with Crippen molar-refractivity contribution in [2.75, 3.05) is 13.1 Å². The van der Waals surface area contributed by atoms with Gasteiger partial charge in [0.05, 0.1) is 5.56 Å². The van der Waals surface area contributed by atoms with Gasteiger partial charge >= 0.3 is 5.97 Å². The molecule has 19 heavy (non-hydrogen) atoms. The molecule has 0 spiro atoms. The van der Waals surface area contributed by atoms with Crippen LogP contribution in [-0.2, 0) is 4.79 Å². The Bertz CT molecular complexity index is 484. The van der Waals surface area contributed by atoms with Gasteiger partial charge in [0, 0.05) is 6.54 Å². The average Bonchev–Trinajstić information content (AvgIpc) is 2.29. The number of carboxylic acid groups (broad SMARTS) is 1. The lowest BCUT2D eigenvalue weighted by atomic mass is 10.1. The van der Waals surface area contributed by atoms with E-state index in [-0.39, 0.29) is 29.5 Å². The lowest BCUT2D eigenvalue weighted by Crippen LogP contribution is -2.38. The smallest absolute Gasteiger partial charge is 0.323 e. The highest BCUT2D eigenvalue weighted by atomic mass is 16.4. The number of aliphatic carboxylic acids is 1. The fourth-order valence-corrected chi connectivity index (χ4v) is 1.69. The summed E-state index contributed by atoms with van der Waals surface area (Å²) >= 11 is 0. The average molecular weight is 267 g/mol. The second-order valence-corrected chi connectivity index (χ2v) is 4.67. The lowest BCUT2D eigenvalue weighted by molar-refractivity contribution is -0.137. The predicted octanol–water partition coefficient (Wildman–Crippen LogP) is 1.28. The Hall–Kier alpha value is -2.24. The normalized spacial score (nSPS) is 10.5. The molecule has 0 saturated carbocycles. The molecule has 104 valence electrons. The number of phenolic OH excluding ortho intramolecular Hbond substituents is 2. The van der Waals surface area contributed by atoms with Crippen LogP contribution in [0, 0.1) is 5.92 Å². The van der Waals surface area contributed by atoms with E-state index in [4.69, 9.17) is 5.11 Å². The quantitative estimate of drug-likeness (QED) is 0.698. The van der Waals surface area contributed by atoms with E-state index in [1.807, 2.05) is 13.8 Å². The Morgan fingerprint density at radius 2 is 1.89 bits per heavy atom. The summed E-state index contributed by atoms with van der Waals surface area (Å²) in [6.45, 7) is 3.50. The zero-order chi connectivity index (χ0) is 14.6. The van der Waals surface area contributed by atoms with Crippen LogP contribution in [0.2, 0.25) is 0 Å². The molecule has 1 rings (SSSR count). The van der Waals surface area contributed by atoms with Gasteiger partial charge in [-0.15, -0.1) is 0 Å². The topological polar surface area (TPSA) is 98.1 Å². The van der Waals surface area contributed by atoms with Gasteiger partial charge in [0.1, 0.15) is 18.0 Å². The van der Waals surface area contributed by atoms with E-state index in [0.29, 0.717) is 0 Å². The molecule has 0 fully saturated rings. The number of rotatable bonds is 5. The first-order chi connectivity index (χ1) is 8.81. The van der Waals surface area contributed by atoms with Crippen molar-refractivity contribution in [2.45, 2.75) is 13.8 Å². The molecule has 6 heteroatoms. The van der Waals surface area contributed by atoms with E-state index < -0.39 is 18.4 Å². The number of amides is 1. The highest BCUT2D eigenvalue weighted by molar-refractivity contribution is 5.98. The second kappa shape index (κ2) is 6.08. The van der Waals surface area contributed by atoms with Crippen LogP contribution in [-0.4, -0.2) is 45.2 Å². The van der Waals surface area contributed by atoms with Crippen molar-refractivity contribution < 1.29 is 24.9 Å². The molecule has 0 aliphatic rings. The van der Waals surface area contributed by atoms with Gasteiger partial charge in [0.15, 0.2) is 0 Å². The minimum atomic E-state index is -1.13. The highest BCUT2D eigenvalue weighted by Crippen LogP contribution is 2.23. The Kier molecular flexibility index (Phi) is 4.74. The molecule has 0 heterocycles. The molecule has 0 atom stereocenters. The summed E-state index contributed by atoms with van der Waals surface area (Å²) in [6.07, 6.45) is 0. The van der Waals surface area contributed by atoms with Crippen LogP contribution in [0.4, 0.5) is 0 Å². The molecule has 1 aromatic rings. The summed E-state index contributed by atoms with van der Waals surface area (Å²) in [5.74, 6) is -2.12. The molecular formula is C13H17NO5. The Labute approximate surface area is 110 Å². The van der Waals surface area contributed by atoms with E-state index in [2.05, 4.69) is 0 Å². The van der Waals surface area contributed by atoms with Gasteiger partial charge in [0.25, 0.3) is 5.91 Å². The van der Waals surface area contributed by atoms with Crippen LogP contribution in [0.1, 0.15) is 24.2 Å². The first-order valence-electron chi connectivity index (χ1n) is 5.84. The molecule has 0 saturated heterocycles. The summed E-state index contributed by atoms with van der Waals surface area (Å²) in [7, 11) is 0. The molecule has 0 aliphatic heterocycles. The molecule has 0 aliphatic carbocycles. The molecule has 3 N–H and O–H groups in total. The lowest BCUT2D eigenvalue weighted by Gasteiger charge is -2.23. The number of carbonyl (C=O) groups is 2. The summed E-state index contributed by atoms with van der Waals surface area (Å²) in [6, 6.07) is 3.56. The van der Waals surface area contributed by atoms with Gasteiger partial charge in [-0.1, -0.05) is 13.8 Å². The van der Waals surface area contributed by atoms with Crippen LogP contribution < -0.4 is 0 Å². The first-order valence-corrected chi connectivity index (χ1v) is 5.84. The van der Waals surface area contributed by atoms with E-state index in [1.165, 1.54) is 12.1 Å². The van der Waals surface area contributed by atoms with Crippen molar-refractivity contribution in [1.29, 1.82) is 0 Å². The molecule has 1 amide bonds. The fourth-order valence-electron chi connectivity index (χ4n) is 1.69. The molecule has 0 bridgehead atoms. The number of benzene rings is 1. The number of carboxylic acids is 1. The molecule has 0 radical (unpaired) electrons. The van der Waals surface area contributed by atoms with Gasteiger partial charge in [-0.2, -0.15) is 0 Å². The summed E-state index contributed by atoms with van der Waals surface area (Å²) < 4.78 is 0. The van der Waals surface area contributed by atoms with Crippen molar-refractivity contribution in [3.8, 4) is 11.5 Å². The van der Waals surface area contributed by atoms with Gasteiger partial charge < -0.3 is 20.2 Å². The molecule has 1 aromatic carbocycles. The van der Waals surface area contributed by atoms with Crippen LogP contribution >= 0.6 is 0 Å². The molecular weight excluding hydrogens is 250 g/mol. The maximum atomic E-state index is 12.2. The van der Waals surface area contributed by atoms with E-state index in [1.54, 1.807) is 0 Å². The van der Waals surface area contributed by atoms with E-state index in [0.717, 1.165) is 11.0 Å². The van der Waals surface area contributed by atoms with Gasteiger partial charge in [-0.05, 0) is 24.1 Å². The number of nitrogens with zero attached hydrogens (tertiary/aromatic N) is 1. The van der Waals surface area contributed by atoms with Crippen molar-refractivity contribution in [2.24, 2.45) is 5.92 Å². The maximum absolute atomic E-state index is 12.2. The SMILES string of the molecule is CC(C)CN(CC(=O)O)C(=O)c1cc(O)ccc1O. The Balaban J connectivity index is 3.03. The van der Waals surface area contributed by atoms with Crippen molar-refractivity contribution in [1.82, 2.24) is 4.90 Å². The fraction of sp³-hybridized carbons (Fsp3) is 0.385. The molecule has 0 aromatic heterocycles. The number of hydrogen-bond acceptors (Lipinski definition) is 4. The van der Waals surface area contributed by atoms with Crippen LogP contribution in [0.3, 0.4) is 0 Å². The zero-order valence-electron chi connectivity index (χ0n) is 10.8. The zero-order valence-corrected chi connectivity index (χ0v) is 10.8. The second-order valence-electron chi connectivity index (χ2n) is 4.67. The standard InChI is InChI=1S/C13H17NO5/c1-8(2)6-14(7-12(17)18)13(19)10-5-9(15)3-4-11(10)16/h3-5,8,15-16H,6-7H2,1-2H3,(H,17,18). The highest BCUT2D eigenvalue weighted by Gasteiger charge is 2.22. The summed E-state index contributed by atoms with van der Waals surface area (Å²) in [5.41, 5.74) is -0.109. The Morgan fingerprint density at radius 3 is 2.42 bits per heavy atom.